The number of rotatable bonds is 4. The third-order valence-electron chi connectivity index (χ3n) is 3.73. The first kappa shape index (κ1) is 18.9. The Morgan fingerprint density at radius 3 is 2.46 bits per heavy atom. The van der Waals surface area contributed by atoms with E-state index in [-0.39, 0.29) is 11.3 Å². The number of pyridine rings is 1. The van der Waals surface area contributed by atoms with E-state index in [4.69, 9.17) is 5.26 Å². The summed E-state index contributed by atoms with van der Waals surface area (Å²) in [6.07, 6.45) is -1.70. The second kappa shape index (κ2) is 7.80. The van der Waals surface area contributed by atoms with E-state index in [1.165, 1.54) is 30.6 Å². The van der Waals surface area contributed by atoms with Crippen LogP contribution in [0.3, 0.4) is 0 Å². The highest BCUT2D eigenvalue weighted by atomic mass is 19.4. The molecule has 140 valence electrons. The van der Waals surface area contributed by atoms with Crippen LogP contribution in [0.4, 0.5) is 30.2 Å². The third kappa shape index (κ3) is 4.65. The molecule has 3 aromatic rings. The normalized spacial score (nSPS) is 10.8. The highest BCUT2D eigenvalue weighted by molar-refractivity contribution is 6.04. The van der Waals surface area contributed by atoms with Gasteiger partial charge in [0, 0.05) is 17.6 Å². The first-order valence-corrected chi connectivity index (χ1v) is 8.06. The van der Waals surface area contributed by atoms with E-state index in [2.05, 4.69) is 15.6 Å². The number of amides is 1. The maximum Gasteiger partial charge on any atom is 0.416 e. The standard InChI is InChI=1S/C20H13F3N4O/c21-20(22,23)15-4-2-6-17(9-15)27-19(28)14-8-18(12-25-11-14)26-16-5-1-3-13(7-16)10-24/h1-9,11-12,26H,(H,27,28). The summed E-state index contributed by atoms with van der Waals surface area (Å²) in [5.74, 6) is -0.596. The molecule has 0 bridgehead atoms. The number of nitrogens with zero attached hydrogens (tertiary/aromatic N) is 2. The summed E-state index contributed by atoms with van der Waals surface area (Å²) in [5.41, 5.74) is 0.939. The lowest BCUT2D eigenvalue weighted by molar-refractivity contribution is -0.137. The van der Waals surface area contributed by atoms with Crippen molar-refractivity contribution in [3.05, 3.63) is 83.7 Å². The van der Waals surface area contributed by atoms with Crippen LogP contribution < -0.4 is 10.6 Å². The van der Waals surface area contributed by atoms with Crippen molar-refractivity contribution < 1.29 is 18.0 Å². The average Bonchev–Trinajstić information content (AvgIpc) is 2.68. The number of hydrogen-bond donors (Lipinski definition) is 2. The van der Waals surface area contributed by atoms with Crippen molar-refractivity contribution in [2.45, 2.75) is 6.18 Å². The minimum Gasteiger partial charge on any atom is -0.354 e. The molecule has 0 spiro atoms. The molecule has 0 aliphatic rings. The van der Waals surface area contributed by atoms with Crippen LogP contribution in [-0.4, -0.2) is 10.9 Å². The van der Waals surface area contributed by atoms with E-state index >= 15 is 0 Å². The maximum atomic E-state index is 12.8. The van der Waals surface area contributed by atoms with Gasteiger partial charge in [-0.1, -0.05) is 12.1 Å². The van der Waals surface area contributed by atoms with Crippen LogP contribution >= 0.6 is 0 Å². The summed E-state index contributed by atoms with van der Waals surface area (Å²) in [5, 5.41) is 14.4. The number of aromatic nitrogens is 1. The SMILES string of the molecule is N#Cc1cccc(Nc2cncc(C(=O)Nc3cccc(C(F)(F)F)c3)c2)c1. The number of nitriles is 1. The number of alkyl halides is 3. The first-order valence-electron chi connectivity index (χ1n) is 8.06. The first-order chi connectivity index (χ1) is 13.3. The zero-order valence-corrected chi connectivity index (χ0v) is 14.3. The molecule has 2 N–H and O–H groups in total. The Morgan fingerprint density at radius 1 is 0.964 bits per heavy atom. The summed E-state index contributed by atoms with van der Waals surface area (Å²) in [4.78, 5) is 16.4. The van der Waals surface area contributed by atoms with Crippen LogP contribution in [0.2, 0.25) is 0 Å². The fourth-order valence-electron chi connectivity index (χ4n) is 2.44. The predicted molar refractivity (Wildman–Crippen MR) is 98.1 cm³/mol. The van der Waals surface area contributed by atoms with Crippen molar-refractivity contribution in [1.29, 1.82) is 5.26 Å². The monoisotopic (exact) mass is 382 g/mol. The second-order valence-corrected chi connectivity index (χ2v) is 5.81. The van der Waals surface area contributed by atoms with Gasteiger partial charge in [0.2, 0.25) is 0 Å². The number of nitrogens with one attached hydrogen (secondary N) is 2. The van der Waals surface area contributed by atoms with Crippen LogP contribution in [0.15, 0.2) is 67.0 Å². The molecule has 1 aromatic heterocycles. The van der Waals surface area contributed by atoms with Gasteiger partial charge in [-0.25, -0.2) is 0 Å². The second-order valence-electron chi connectivity index (χ2n) is 5.81. The van der Waals surface area contributed by atoms with Gasteiger partial charge in [0.25, 0.3) is 5.91 Å². The van der Waals surface area contributed by atoms with Crippen LogP contribution in [0, 0.1) is 11.3 Å². The molecule has 0 unspecified atom stereocenters. The molecule has 8 heteroatoms. The number of carbonyl (C=O) groups excluding carboxylic acids is 1. The van der Waals surface area contributed by atoms with Gasteiger partial charge in [-0.15, -0.1) is 0 Å². The number of halogens is 3. The Kier molecular flexibility index (Phi) is 5.27. The Morgan fingerprint density at radius 2 is 1.71 bits per heavy atom. The zero-order chi connectivity index (χ0) is 20.1. The van der Waals surface area contributed by atoms with E-state index in [1.54, 1.807) is 24.3 Å². The summed E-state index contributed by atoms with van der Waals surface area (Å²) in [7, 11) is 0. The number of hydrogen-bond acceptors (Lipinski definition) is 4. The van der Waals surface area contributed by atoms with Crippen molar-refractivity contribution in [3.8, 4) is 6.07 Å². The topological polar surface area (TPSA) is 77.8 Å². The largest absolute Gasteiger partial charge is 0.416 e. The lowest BCUT2D eigenvalue weighted by atomic mass is 10.1. The Labute approximate surface area is 158 Å². The van der Waals surface area contributed by atoms with Crippen molar-refractivity contribution in [1.82, 2.24) is 4.98 Å². The number of carbonyl (C=O) groups is 1. The lowest BCUT2D eigenvalue weighted by Crippen LogP contribution is -2.13. The van der Waals surface area contributed by atoms with Crippen LogP contribution in [0.25, 0.3) is 0 Å². The molecule has 0 fully saturated rings. The van der Waals surface area contributed by atoms with Gasteiger partial charge >= 0.3 is 6.18 Å². The molecule has 0 atom stereocenters. The Bertz CT molecular complexity index is 1060. The van der Waals surface area contributed by atoms with Gasteiger partial charge < -0.3 is 10.6 Å². The van der Waals surface area contributed by atoms with Gasteiger partial charge in [0.05, 0.1) is 34.6 Å². The molecular weight excluding hydrogens is 369 g/mol. The fourth-order valence-corrected chi connectivity index (χ4v) is 2.44. The summed E-state index contributed by atoms with van der Waals surface area (Å²) in [6.45, 7) is 0. The number of anilines is 3. The zero-order valence-electron chi connectivity index (χ0n) is 14.3. The van der Waals surface area contributed by atoms with Gasteiger partial charge in [0.15, 0.2) is 0 Å². The van der Waals surface area contributed by atoms with E-state index in [9.17, 15) is 18.0 Å². The van der Waals surface area contributed by atoms with E-state index in [0.29, 0.717) is 16.9 Å². The van der Waals surface area contributed by atoms with E-state index in [1.807, 2.05) is 6.07 Å². The molecule has 1 amide bonds. The maximum absolute atomic E-state index is 12.8. The molecule has 1 heterocycles. The van der Waals surface area contributed by atoms with E-state index in [0.717, 1.165) is 12.1 Å². The highest BCUT2D eigenvalue weighted by Gasteiger charge is 2.30. The number of benzene rings is 2. The quantitative estimate of drug-likeness (QED) is 0.668. The molecule has 28 heavy (non-hydrogen) atoms. The third-order valence-corrected chi connectivity index (χ3v) is 3.73. The molecule has 2 aromatic carbocycles. The van der Waals surface area contributed by atoms with Gasteiger partial charge in [0.1, 0.15) is 0 Å². The molecular formula is C20H13F3N4O. The minimum atomic E-state index is -4.50. The summed E-state index contributed by atoms with van der Waals surface area (Å²) < 4.78 is 38.4. The molecule has 3 rings (SSSR count). The van der Waals surface area contributed by atoms with Crippen molar-refractivity contribution in [2.24, 2.45) is 0 Å². The van der Waals surface area contributed by atoms with Crippen LogP contribution in [-0.2, 0) is 6.18 Å². The molecule has 0 radical (unpaired) electrons. The Hall–Kier alpha value is -3.86. The minimum absolute atomic E-state index is 0.0277. The van der Waals surface area contributed by atoms with Crippen LogP contribution in [0.5, 0.6) is 0 Å². The van der Waals surface area contributed by atoms with Gasteiger partial charge in [-0.05, 0) is 42.5 Å². The van der Waals surface area contributed by atoms with Crippen LogP contribution in [0.1, 0.15) is 21.5 Å². The van der Waals surface area contributed by atoms with Gasteiger partial charge in [-0.3, -0.25) is 9.78 Å². The van der Waals surface area contributed by atoms with Gasteiger partial charge in [-0.2, -0.15) is 18.4 Å². The molecule has 5 nitrogen and oxygen atoms in total. The van der Waals surface area contributed by atoms with Crippen molar-refractivity contribution >= 4 is 23.0 Å². The van der Waals surface area contributed by atoms with Crippen molar-refractivity contribution in [2.75, 3.05) is 10.6 Å². The molecule has 0 saturated heterocycles. The fraction of sp³-hybridized carbons (Fsp3) is 0.0500. The van der Waals surface area contributed by atoms with E-state index < -0.39 is 17.6 Å². The average molecular weight is 382 g/mol. The molecule has 0 saturated carbocycles. The summed E-state index contributed by atoms with van der Waals surface area (Å²) >= 11 is 0. The predicted octanol–water partition coefficient (Wildman–Crippen LogP) is 4.97. The highest BCUT2D eigenvalue weighted by Crippen LogP contribution is 2.30. The Balaban J connectivity index is 1.76. The lowest BCUT2D eigenvalue weighted by Gasteiger charge is -2.11. The summed E-state index contributed by atoms with van der Waals surface area (Å²) in [6, 6.07) is 14.7. The molecule has 0 aliphatic heterocycles. The smallest absolute Gasteiger partial charge is 0.354 e. The van der Waals surface area contributed by atoms with Crippen molar-refractivity contribution in [3.63, 3.8) is 0 Å². The molecule has 0 aliphatic carbocycles.